The molecule has 0 saturated heterocycles. The molecule has 0 bridgehead atoms. The molecule has 0 radical (unpaired) electrons. The highest BCUT2D eigenvalue weighted by molar-refractivity contribution is 5.95. The normalized spacial score (nSPS) is 16.9. The molecular formula is C16H24N2O2. The molecule has 0 spiro atoms. The summed E-state index contributed by atoms with van der Waals surface area (Å²) in [6.45, 7) is 2.97. The molecule has 2 rings (SSSR count). The number of nitrogens with one attached hydrogen (secondary N) is 1. The summed E-state index contributed by atoms with van der Waals surface area (Å²) in [4.78, 5) is 12.2. The minimum Gasteiger partial charge on any atom is -0.495 e. The molecule has 20 heavy (non-hydrogen) atoms. The van der Waals surface area contributed by atoms with Crippen molar-refractivity contribution in [3.05, 3.63) is 23.8 Å². The standard InChI is InChI=1S/C16H24N2O2/c1-3-16(8-4-5-9-16)11-18-15(19)12-6-7-14(20-2)13(17)10-12/h6-7,10H,3-5,8-9,11,17H2,1-2H3,(H,18,19). The minimum atomic E-state index is -0.0564. The van der Waals surface area contributed by atoms with Crippen LogP contribution in [-0.2, 0) is 0 Å². The van der Waals surface area contributed by atoms with Crippen LogP contribution in [-0.4, -0.2) is 19.6 Å². The number of amides is 1. The zero-order valence-electron chi connectivity index (χ0n) is 12.4. The Hall–Kier alpha value is -1.71. The lowest BCUT2D eigenvalue weighted by Crippen LogP contribution is -2.35. The Kier molecular flexibility index (Phi) is 4.53. The third-order valence-corrected chi connectivity index (χ3v) is 4.53. The fraction of sp³-hybridized carbons (Fsp3) is 0.562. The largest absolute Gasteiger partial charge is 0.495 e. The van der Waals surface area contributed by atoms with E-state index in [1.54, 1.807) is 25.3 Å². The predicted molar refractivity (Wildman–Crippen MR) is 80.9 cm³/mol. The van der Waals surface area contributed by atoms with Gasteiger partial charge in [-0.25, -0.2) is 0 Å². The second-order valence-electron chi connectivity index (χ2n) is 5.70. The first-order valence-corrected chi connectivity index (χ1v) is 7.32. The number of ether oxygens (including phenoxy) is 1. The maximum Gasteiger partial charge on any atom is 0.251 e. The average molecular weight is 276 g/mol. The Balaban J connectivity index is 1.99. The van der Waals surface area contributed by atoms with E-state index in [1.165, 1.54) is 25.7 Å². The molecule has 1 aromatic rings. The zero-order chi connectivity index (χ0) is 14.6. The van der Waals surface area contributed by atoms with Gasteiger partial charge in [0.15, 0.2) is 0 Å². The van der Waals surface area contributed by atoms with Gasteiger partial charge >= 0.3 is 0 Å². The third-order valence-electron chi connectivity index (χ3n) is 4.53. The average Bonchev–Trinajstić information content (AvgIpc) is 2.94. The van der Waals surface area contributed by atoms with Crippen molar-refractivity contribution in [3.63, 3.8) is 0 Å². The van der Waals surface area contributed by atoms with Crippen LogP contribution in [0.4, 0.5) is 5.69 Å². The number of carbonyl (C=O) groups excluding carboxylic acids is 1. The van der Waals surface area contributed by atoms with E-state index in [0.29, 0.717) is 22.4 Å². The van der Waals surface area contributed by atoms with E-state index in [2.05, 4.69) is 12.2 Å². The number of benzene rings is 1. The molecule has 3 N–H and O–H groups in total. The summed E-state index contributed by atoms with van der Waals surface area (Å²) in [5, 5.41) is 3.06. The Labute approximate surface area is 120 Å². The number of anilines is 1. The molecule has 0 atom stereocenters. The van der Waals surface area contributed by atoms with E-state index in [9.17, 15) is 4.79 Å². The maximum atomic E-state index is 12.2. The molecule has 1 aromatic carbocycles. The van der Waals surface area contributed by atoms with Crippen LogP contribution in [0.15, 0.2) is 18.2 Å². The number of hydrogen-bond donors (Lipinski definition) is 2. The van der Waals surface area contributed by atoms with Crippen LogP contribution < -0.4 is 15.8 Å². The summed E-state index contributed by atoms with van der Waals surface area (Å²) >= 11 is 0. The highest BCUT2D eigenvalue weighted by Crippen LogP contribution is 2.40. The molecule has 1 amide bonds. The van der Waals surface area contributed by atoms with E-state index in [4.69, 9.17) is 10.5 Å². The number of carbonyl (C=O) groups is 1. The molecule has 1 aliphatic carbocycles. The van der Waals surface area contributed by atoms with Crippen molar-refractivity contribution >= 4 is 11.6 Å². The predicted octanol–water partition coefficient (Wildman–Crippen LogP) is 2.98. The van der Waals surface area contributed by atoms with Gasteiger partial charge < -0.3 is 15.8 Å². The smallest absolute Gasteiger partial charge is 0.251 e. The molecule has 1 saturated carbocycles. The molecule has 1 aliphatic rings. The van der Waals surface area contributed by atoms with Crippen LogP contribution >= 0.6 is 0 Å². The SMILES string of the molecule is CCC1(CNC(=O)c2ccc(OC)c(N)c2)CCCC1. The summed E-state index contributed by atoms with van der Waals surface area (Å²) in [5.74, 6) is 0.543. The van der Waals surface area contributed by atoms with Gasteiger partial charge in [-0.15, -0.1) is 0 Å². The fourth-order valence-corrected chi connectivity index (χ4v) is 3.03. The minimum absolute atomic E-state index is 0.0564. The van der Waals surface area contributed by atoms with Gasteiger partial charge in [0.1, 0.15) is 5.75 Å². The summed E-state index contributed by atoms with van der Waals surface area (Å²) in [7, 11) is 1.57. The van der Waals surface area contributed by atoms with Crippen LogP contribution in [0.25, 0.3) is 0 Å². The van der Waals surface area contributed by atoms with Crippen LogP contribution in [0, 0.1) is 5.41 Å². The maximum absolute atomic E-state index is 12.2. The fourth-order valence-electron chi connectivity index (χ4n) is 3.03. The highest BCUT2D eigenvalue weighted by atomic mass is 16.5. The number of hydrogen-bond acceptors (Lipinski definition) is 3. The zero-order valence-corrected chi connectivity index (χ0v) is 12.4. The highest BCUT2D eigenvalue weighted by Gasteiger charge is 2.32. The van der Waals surface area contributed by atoms with Gasteiger partial charge in [0.05, 0.1) is 12.8 Å². The van der Waals surface area contributed by atoms with E-state index in [-0.39, 0.29) is 5.91 Å². The molecule has 0 aromatic heterocycles. The second kappa shape index (κ2) is 6.16. The molecule has 110 valence electrons. The molecule has 0 unspecified atom stereocenters. The van der Waals surface area contributed by atoms with E-state index >= 15 is 0 Å². The third kappa shape index (κ3) is 3.06. The lowest BCUT2D eigenvalue weighted by Gasteiger charge is -2.27. The van der Waals surface area contributed by atoms with Crippen molar-refractivity contribution in [2.24, 2.45) is 5.41 Å². The van der Waals surface area contributed by atoms with Crippen molar-refractivity contribution in [2.75, 3.05) is 19.4 Å². The summed E-state index contributed by atoms with van der Waals surface area (Å²) in [6.07, 6.45) is 6.11. The molecule has 0 aliphatic heterocycles. The second-order valence-corrected chi connectivity index (χ2v) is 5.70. The number of methoxy groups -OCH3 is 1. The molecule has 4 heteroatoms. The van der Waals surface area contributed by atoms with E-state index < -0.39 is 0 Å². The number of nitrogen functional groups attached to an aromatic ring is 1. The number of nitrogens with two attached hydrogens (primary N) is 1. The first-order chi connectivity index (χ1) is 9.60. The first-order valence-electron chi connectivity index (χ1n) is 7.32. The van der Waals surface area contributed by atoms with Crippen molar-refractivity contribution in [1.29, 1.82) is 0 Å². The van der Waals surface area contributed by atoms with Crippen molar-refractivity contribution < 1.29 is 9.53 Å². The van der Waals surface area contributed by atoms with Gasteiger partial charge in [-0.1, -0.05) is 19.8 Å². The molecule has 0 heterocycles. The lowest BCUT2D eigenvalue weighted by atomic mass is 9.83. The molecule has 1 fully saturated rings. The van der Waals surface area contributed by atoms with Crippen LogP contribution in [0.3, 0.4) is 0 Å². The van der Waals surface area contributed by atoms with Crippen LogP contribution in [0.1, 0.15) is 49.4 Å². The Bertz CT molecular complexity index is 479. The molecular weight excluding hydrogens is 252 g/mol. The van der Waals surface area contributed by atoms with Crippen LogP contribution in [0.2, 0.25) is 0 Å². The van der Waals surface area contributed by atoms with Gasteiger partial charge in [-0.05, 0) is 42.9 Å². The Morgan fingerprint density at radius 1 is 1.40 bits per heavy atom. The number of rotatable bonds is 5. The van der Waals surface area contributed by atoms with Crippen molar-refractivity contribution in [1.82, 2.24) is 5.32 Å². The van der Waals surface area contributed by atoms with Gasteiger partial charge in [0.25, 0.3) is 5.91 Å². The van der Waals surface area contributed by atoms with E-state index in [1.807, 2.05) is 0 Å². The quantitative estimate of drug-likeness (QED) is 0.813. The summed E-state index contributed by atoms with van der Waals surface area (Å²) in [5.41, 5.74) is 7.22. The Morgan fingerprint density at radius 2 is 2.10 bits per heavy atom. The Morgan fingerprint density at radius 3 is 2.65 bits per heavy atom. The van der Waals surface area contributed by atoms with Crippen molar-refractivity contribution in [3.8, 4) is 5.75 Å². The topological polar surface area (TPSA) is 64.3 Å². The van der Waals surface area contributed by atoms with Crippen LogP contribution in [0.5, 0.6) is 5.75 Å². The van der Waals surface area contributed by atoms with Gasteiger partial charge in [-0.2, -0.15) is 0 Å². The van der Waals surface area contributed by atoms with E-state index in [0.717, 1.165) is 13.0 Å². The molecule has 4 nitrogen and oxygen atoms in total. The summed E-state index contributed by atoms with van der Waals surface area (Å²) < 4.78 is 5.10. The summed E-state index contributed by atoms with van der Waals surface area (Å²) in [6, 6.07) is 5.15. The lowest BCUT2D eigenvalue weighted by molar-refractivity contribution is 0.0929. The van der Waals surface area contributed by atoms with Gasteiger partial charge in [0.2, 0.25) is 0 Å². The monoisotopic (exact) mass is 276 g/mol. The van der Waals surface area contributed by atoms with Gasteiger partial charge in [-0.3, -0.25) is 4.79 Å². The van der Waals surface area contributed by atoms with Crippen molar-refractivity contribution in [2.45, 2.75) is 39.0 Å². The van der Waals surface area contributed by atoms with Gasteiger partial charge in [0, 0.05) is 12.1 Å². The first kappa shape index (κ1) is 14.7.